The number of aliphatic hydroxyl groups is 2. The number of amides is 1. The van der Waals surface area contributed by atoms with Gasteiger partial charge in [-0.15, -0.1) is 0 Å². The first kappa shape index (κ1) is 27.1. The number of nitrogens with two attached hydrogens (primary N) is 1. The summed E-state index contributed by atoms with van der Waals surface area (Å²) in [5, 5.41) is 25.5. The number of nitrogens with zero attached hydrogens (tertiary/aromatic N) is 3. The fourth-order valence-electron chi connectivity index (χ4n) is 4.24. The number of nitrogens with one attached hydrogen (secondary N) is 1. The molecule has 36 heavy (non-hydrogen) atoms. The second kappa shape index (κ2) is 12.0. The molecule has 5 N–H and O–H groups in total. The van der Waals surface area contributed by atoms with Crippen LogP contribution < -0.4 is 15.8 Å². The van der Waals surface area contributed by atoms with Crippen molar-refractivity contribution in [3.63, 3.8) is 0 Å². The van der Waals surface area contributed by atoms with E-state index in [9.17, 15) is 9.90 Å². The summed E-state index contributed by atoms with van der Waals surface area (Å²) >= 11 is 0. The van der Waals surface area contributed by atoms with E-state index in [0.29, 0.717) is 35.3 Å². The highest BCUT2D eigenvalue weighted by Crippen LogP contribution is 2.34. The lowest BCUT2D eigenvalue weighted by Crippen LogP contribution is -2.36. The average molecular weight is 498 g/mol. The van der Waals surface area contributed by atoms with Gasteiger partial charge >= 0.3 is 0 Å². The van der Waals surface area contributed by atoms with E-state index in [-0.39, 0.29) is 13.2 Å². The standard InChI is InChI=1S/C26H35N5O5/c1-6-16-10-17(9-14(4)23(16)35-13-18(33)11-28-21(34)12-32)25-30-26(36-31-25)22-19(7-2)15(5)20(8-3)29-24(22)27/h9-10,18,32-33H,6-8,11-13H2,1-5H3,(H2,27,29)(H,28,34)/t18-/m0/s1. The van der Waals surface area contributed by atoms with Crippen LogP contribution in [-0.4, -0.2) is 57.1 Å². The molecular formula is C26H35N5O5. The molecule has 2 heterocycles. The molecule has 3 rings (SSSR count). The van der Waals surface area contributed by atoms with Crippen LogP contribution in [0.25, 0.3) is 22.8 Å². The first-order chi connectivity index (χ1) is 17.2. The Morgan fingerprint density at radius 3 is 2.56 bits per heavy atom. The number of pyridine rings is 1. The molecule has 10 heteroatoms. The van der Waals surface area contributed by atoms with Gasteiger partial charge in [0, 0.05) is 17.8 Å². The van der Waals surface area contributed by atoms with Crippen molar-refractivity contribution in [2.24, 2.45) is 0 Å². The van der Waals surface area contributed by atoms with Crippen LogP contribution in [0.3, 0.4) is 0 Å². The van der Waals surface area contributed by atoms with Crippen LogP contribution in [0, 0.1) is 13.8 Å². The maximum absolute atomic E-state index is 11.2. The zero-order valence-electron chi connectivity index (χ0n) is 21.5. The molecule has 10 nitrogen and oxygen atoms in total. The van der Waals surface area contributed by atoms with Gasteiger partial charge in [-0.25, -0.2) is 4.98 Å². The normalized spacial score (nSPS) is 12.0. The Balaban J connectivity index is 1.87. The van der Waals surface area contributed by atoms with Gasteiger partial charge in [-0.05, 0) is 67.5 Å². The van der Waals surface area contributed by atoms with E-state index >= 15 is 0 Å². The van der Waals surface area contributed by atoms with Crippen LogP contribution in [0.2, 0.25) is 0 Å². The number of aliphatic hydroxyl groups excluding tert-OH is 2. The highest BCUT2D eigenvalue weighted by molar-refractivity contribution is 5.77. The van der Waals surface area contributed by atoms with E-state index < -0.39 is 18.6 Å². The lowest BCUT2D eigenvalue weighted by Gasteiger charge is -2.17. The third kappa shape index (κ3) is 5.83. The summed E-state index contributed by atoms with van der Waals surface area (Å²) in [5.74, 6) is 1.25. The van der Waals surface area contributed by atoms with E-state index in [1.807, 2.05) is 32.9 Å². The SMILES string of the molecule is CCc1cc(-c2noc(-c3c(N)nc(CC)c(C)c3CC)n2)cc(C)c1OC[C@@H](O)CNC(=O)CO. The first-order valence-corrected chi connectivity index (χ1v) is 12.2. The van der Waals surface area contributed by atoms with Crippen LogP contribution in [0.5, 0.6) is 5.75 Å². The van der Waals surface area contributed by atoms with Gasteiger partial charge in [0.25, 0.3) is 5.89 Å². The molecule has 0 aliphatic carbocycles. The lowest BCUT2D eigenvalue weighted by molar-refractivity contribution is -0.124. The van der Waals surface area contributed by atoms with Gasteiger partial charge in [0.1, 0.15) is 30.9 Å². The molecular weight excluding hydrogens is 462 g/mol. The molecule has 0 radical (unpaired) electrons. The fourth-order valence-corrected chi connectivity index (χ4v) is 4.24. The Morgan fingerprint density at radius 1 is 1.17 bits per heavy atom. The molecule has 0 spiro atoms. The van der Waals surface area contributed by atoms with E-state index in [0.717, 1.165) is 46.4 Å². The number of carbonyl (C=O) groups is 1. The smallest absolute Gasteiger partial charge is 0.262 e. The van der Waals surface area contributed by atoms with Crippen molar-refractivity contribution in [2.45, 2.75) is 60.0 Å². The van der Waals surface area contributed by atoms with Gasteiger partial charge in [-0.2, -0.15) is 4.98 Å². The zero-order chi connectivity index (χ0) is 26.4. The summed E-state index contributed by atoms with van der Waals surface area (Å²) in [4.78, 5) is 20.4. The third-order valence-electron chi connectivity index (χ3n) is 6.12. The lowest BCUT2D eigenvalue weighted by atomic mass is 9.98. The Hall–Kier alpha value is -3.50. The highest BCUT2D eigenvalue weighted by Gasteiger charge is 2.22. The van der Waals surface area contributed by atoms with E-state index in [2.05, 4.69) is 34.3 Å². The number of hydrogen-bond acceptors (Lipinski definition) is 9. The molecule has 1 atom stereocenters. The number of hydrogen-bond donors (Lipinski definition) is 4. The number of nitrogen functional groups attached to an aromatic ring is 1. The molecule has 2 aromatic heterocycles. The molecule has 194 valence electrons. The molecule has 0 aliphatic rings. The Morgan fingerprint density at radius 2 is 1.92 bits per heavy atom. The van der Waals surface area contributed by atoms with Crippen molar-refractivity contribution in [3.8, 4) is 28.6 Å². The number of anilines is 1. The number of aromatic nitrogens is 3. The van der Waals surface area contributed by atoms with Crippen LogP contribution in [0.15, 0.2) is 16.7 Å². The number of carbonyl (C=O) groups excluding carboxylic acids is 1. The van der Waals surface area contributed by atoms with Crippen LogP contribution in [-0.2, 0) is 24.1 Å². The number of benzene rings is 1. The minimum atomic E-state index is -0.918. The molecule has 0 aliphatic heterocycles. The van der Waals surface area contributed by atoms with E-state index in [1.54, 1.807) is 0 Å². The first-order valence-electron chi connectivity index (χ1n) is 12.2. The summed E-state index contributed by atoms with van der Waals surface area (Å²) in [6.45, 7) is 9.41. The average Bonchev–Trinajstić information content (AvgIpc) is 3.36. The second-order valence-corrected chi connectivity index (χ2v) is 8.61. The van der Waals surface area contributed by atoms with Gasteiger partial charge in [0.2, 0.25) is 11.7 Å². The van der Waals surface area contributed by atoms with Gasteiger partial charge in [-0.3, -0.25) is 4.79 Å². The molecule has 0 saturated carbocycles. The van der Waals surface area contributed by atoms with E-state index in [4.69, 9.17) is 20.1 Å². The second-order valence-electron chi connectivity index (χ2n) is 8.61. The zero-order valence-corrected chi connectivity index (χ0v) is 21.5. The summed E-state index contributed by atoms with van der Waals surface area (Å²) in [5.41, 5.74) is 12.6. The molecule has 3 aromatic rings. The number of aryl methyl sites for hydroxylation is 3. The largest absolute Gasteiger partial charge is 0.490 e. The molecule has 0 saturated heterocycles. The molecule has 0 fully saturated rings. The molecule has 0 bridgehead atoms. The van der Waals surface area contributed by atoms with Crippen molar-refractivity contribution < 1.29 is 24.3 Å². The predicted octanol–water partition coefficient (Wildman–Crippen LogP) is 2.53. The quantitative estimate of drug-likeness (QED) is 0.312. The van der Waals surface area contributed by atoms with Crippen molar-refractivity contribution >= 4 is 11.7 Å². The van der Waals surface area contributed by atoms with Gasteiger partial charge < -0.3 is 30.5 Å². The maximum Gasteiger partial charge on any atom is 0.262 e. The Bertz CT molecular complexity index is 1220. The van der Waals surface area contributed by atoms with Crippen LogP contribution >= 0.6 is 0 Å². The van der Waals surface area contributed by atoms with Crippen LogP contribution in [0.1, 0.15) is 48.7 Å². The summed E-state index contributed by atoms with van der Waals surface area (Å²) in [6, 6.07) is 3.83. The van der Waals surface area contributed by atoms with Crippen molar-refractivity contribution in [3.05, 3.63) is 40.1 Å². The summed E-state index contributed by atoms with van der Waals surface area (Å²) < 4.78 is 11.5. The van der Waals surface area contributed by atoms with Gasteiger partial charge in [0.05, 0.1) is 5.56 Å². The minimum absolute atomic E-state index is 0.00949. The Kier molecular flexibility index (Phi) is 9.00. The summed E-state index contributed by atoms with van der Waals surface area (Å²) in [7, 11) is 0. The monoisotopic (exact) mass is 497 g/mol. The van der Waals surface area contributed by atoms with Gasteiger partial charge in [-0.1, -0.05) is 25.9 Å². The maximum atomic E-state index is 11.2. The van der Waals surface area contributed by atoms with Crippen molar-refractivity contribution in [1.82, 2.24) is 20.4 Å². The van der Waals surface area contributed by atoms with Gasteiger partial charge in [0.15, 0.2) is 0 Å². The number of rotatable bonds is 11. The number of ether oxygens (including phenoxy) is 1. The summed E-state index contributed by atoms with van der Waals surface area (Å²) in [6.07, 6.45) is 1.32. The van der Waals surface area contributed by atoms with Crippen molar-refractivity contribution in [1.29, 1.82) is 0 Å². The third-order valence-corrected chi connectivity index (χ3v) is 6.12. The van der Waals surface area contributed by atoms with Crippen molar-refractivity contribution in [2.75, 3.05) is 25.5 Å². The molecule has 1 amide bonds. The molecule has 1 aromatic carbocycles. The topological polar surface area (TPSA) is 157 Å². The fraction of sp³-hybridized carbons (Fsp3) is 0.462. The van der Waals surface area contributed by atoms with Crippen LogP contribution in [0.4, 0.5) is 5.82 Å². The highest BCUT2D eigenvalue weighted by atomic mass is 16.5. The molecule has 0 unspecified atom stereocenters. The predicted molar refractivity (Wildman–Crippen MR) is 137 cm³/mol. The minimum Gasteiger partial charge on any atom is -0.490 e. The Labute approximate surface area is 210 Å². The van der Waals surface area contributed by atoms with E-state index in [1.165, 1.54) is 0 Å².